The fraction of sp³-hybridized carbons (Fsp3) is 0.533. The van der Waals surface area contributed by atoms with E-state index in [1.807, 2.05) is 52.0 Å². The van der Waals surface area contributed by atoms with Crippen molar-refractivity contribution in [1.82, 2.24) is 5.32 Å². The number of carbonyl (C=O) groups excluding carboxylic acids is 1. The number of aliphatic hydroxyl groups is 1. The molecule has 1 unspecified atom stereocenters. The first-order valence-electron chi connectivity index (χ1n) is 6.44. The molecular weight excluding hydrogens is 242 g/mol. The van der Waals surface area contributed by atoms with Crippen LogP contribution in [0.3, 0.4) is 0 Å². The van der Waals surface area contributed by atoms with Crippen molar-refractivity contribution < 1.29 is 14.6 Å². The van der Waals surface area contributed by atoms with Crippen LogP contribution < -0.4 is 10.1 Å². The van der Waals surface area contributed by atoms with Gasteiger partial charge in [0.1, 0.15) is 5.75 Å². The molecule has 19 heavy (non-hydrogen) atoms. The van der Waals surface area contributed by atoms with Gasteiger partial charge in [-0.1, -0.05) is 39.0 Å². The Morgan fingerprint density at radius 2 is 2.00 bits per heavy atom. The summed E-state index contributed by atoms with van der Waals surface area (Å²) < 4.78 is 5.42. The third-order valence-corrected chi connectivity index (χ3v) is 2.94. The van der Waals surface area contributed by atoms with Crippen molar-refractivity contribution in [2.75, 3.05) is 13.2 Å². The molecule has 2 N–H and O–H groups in total. The lowest BCUT2D eigenvalue weighted by Gasteiger charge is -2.25. The molecule has 1 aromatic rings. The minimum absolute atomic E-state index is 0.0400. The average molecular weight is 265 g/mol. The number of aryl methyl sites for hydroxylation is 1. The number of nitrogens with one attached hydrogen (secondary N) is 1. The molecule has 0 radical (unpaired) electrons. The summed E-state index contributed by atoms with van der Waals surface area (Å²) in [6, 6.07) is 7.54. The molecule has 0 saturated carbocycles. The SMILES string of the molecule is Cc1ccccc1OCC(=O)NCC(O)C(C)(C)C. The smallest absolute Gasteiger partial charge is 0.258 e. The molecule has 106 valence electrons. The largest absolute Gasteiger partial charge is 0.484 e. The Kier molecular flexibility index (Phi) is 5.36. The van der Waals surface area contributed by atoms with E-state index in [-0.39, 0.29) is 24.5 Å². The number of ether oxygens (including phenoxy) is 1. The molecule has 1 amide bonds. The molecule has 0 fully saturated rings. The highest BCUT2D eigenvalue weighted by molar-refractivity contribution is 5.77. The van der Waals surface area contributed by atoms with Gasteiger partial charge in [0.05, 0.1) is 6.10 Å². The molecule has 1 atom stereocenters. The quantitative estimate of drug-likeness (QED) is 0.855. The van der Waals surface area contributed by atoms with Gasteiger partial charge < -0.3 is 15.2 Å². The molecule has 0 aromatic heterocycles. The second kappa shape index (κ2) is 6.57. The molecule has 0 aliphatic heterocycles. The van der Waals surface area contributed by atoms with E-state index < -0.39 is 6.10 Å². The van der Waals surface area contributed by atoms with Crippen LogP contribution in [0.4, 0.5) is 0 Å². The van der Waals surface area contributed by atoms with Crippen LogP contribution in [0, 0.1) is 12.3 Å². The van der Waals surface area contributed by atoms with Gasteiger partial charge in [0.15, 0.2) is 6.61 Å². The van der Waals surface area contributed by atoms with E-state index in [2.05, 4.69) is 5.32 Å². The van der Waals surface area contributed by atoms with Crippen molar-refractivity contribution in [2.45, 2.75) is 33.8 Å². The maximum atomic E-state index is 11.6. The van der Waals surface area contributed by atoms with E-state index in [1.54, 1.807) is 0 Å². The van der Waals surface area contributed by atoms with Gasteiger partial charge in [-0.05, 0) is 24.0 Å². The van der Waals surface area contributed by atoms with Crippen molar-refractivity contribution >= 4 is 5.91 Å². The Balaban J connectivity index is 2.35. The third-order valence-electron chi connectivity index (χ3n) is 2.94. The lowest BCUT2D eigenvalue weighted by molar-refractivity contribution is -0.123. The van der Waals surface area contributed by atoms with E-state index in [1.165, 1.54) is 0 Å². The van der Waals surface area contributed by atoms with Crippen LogP contribution in [0.15, 0.2) is 24.3 Å². The molecule has 0 saturated heterocycles. The zero-order valence-electron chi connectivity index (χ0n) is 12.1. The summed E-state index contributed by atoms with van der Waals surface area (Å²) in [5.74, 6) is 0.473. The van der Waals surface area contributed by atoms with Crippen LogP contribution in [0.5, 0.6) is 5.75 Å². The van der Waals surface area contributed by atoms with Crippen LogP contribution in [-0.4, -0.2) is 30.3 Å². The standard InChI is InChI=1S/C15H23NO3/c1-11-7-5-6-8-12(11)19-10-14(18)16-9-13(17)15(2,3)4/h5-8,13,17H,9-10H2,1-4H3,(H,16,18). The molecular formula is C15H23NO3. The maximum Gasteiger partial charge on any atom is 0.258 e. The first kappa shape index (κ1) is 15.5. The number of hydrogen-bond donors (Lipinski definition) is 2. The van der Waals surface area contributed by atoms with Crippen LogP contribution in [0.25, 0.3) is 0 Å². The van der Waals surface area contributed by atoms with Crippen LogP contribution >= 0.6 is 0 Å². The van der Waals surface area contributed by atoms with Gasteiger partial charge in [0, 0.05) is 6.54 Å². The van der Waals surface area contributed by atoms with Crippen molar-refractivity contribution in [3.8, 4) is 5.75 Å². The van der Waals surface area contributed by atoms with Gasteiger partial charge in [-0.3, -0.25) is 4.79 Å². The monoisotopic (exact) mass is 265 g/mol. The normalized spacial score (nSPS) is 12.9. The fourth-order valence-corrected chi connectivity index (χ4v) is 1.43. The average Bonchev–Trinajstić information content (AvgIpc) is 2.33. The lowest BCUT2D eigenvalue weighted by Crippen LogP contribution is -2.40. The third kappa shape index (κ3) is 5.30. The highest BCUT2D eigenvalue weighted by Crippen LogP contribution is 2.18. The van der Waals surface area contributed by atoms with E-state index >= 15 is 0 Å². The van der Waals surface area contributed by atoms with Crippen molar-refractivity contribution in [3.63, 3.8) is 0 Å². The van der Waals surface area contributed by atoms with Crippen LogP contribution in [-0.2, 0) is 4.79 Å². The molecule has 1 aromatic carbocycles. The summed E-state index contributed by atoms with van der Waals surface area (Å²) in [6.45, 7) is 7.90. The second-order valence-electron chi connectivity index (χ2n) is 5.74. The van der Waals surface area contributed by atoms with E-state index in [4.69, 9.17) is 4.74 Å². The number of carbonyl (C=O) groups is 1. The minimum Gasteiger partial charge on any atom is -0.484 e. The minimum atomic E-state index is -0.574. The Labute approximate surface area is 114 Å². The molecule has 0 aliphatic carbocycles. The summed E-state index contributed by atoms with van der Waals surface area (Å²) >= 11 is 0. The molecule has 0 aliphatic rings. The Morgan fingerprint density at radius 1 is 1.37 bits per heavy atom. The molecule has 0 spiro atoms. The van der Waals surface area contributed by atoms with Crippen LogP contribution in [0.2, 0.25) is 0 Å². The predicted molar refractivity (Wildman–Crippen MR) is 75.1 cm³/mol. The molecule has 4 nitrogen and oxygen atoms in total. The Morgan fingerprint density at radius 3 is 2.58 bits per heavy atom. The first-order chi connectivity index (χ1) is 8.80. The topological polar surface area (TPSA) is 58.6 Å². The van der Waals surface area contributed by atoms with Crippen molar-refractivity contribution in [2.24, 2.45) is 5.41 Å². The van der Waals surface area contributed by atoms with Crippen molar-refractivity contribution in [1.29, 1.82) is 0 Å². The highest BCUT2D eigenvalue weighted by Gasteiger charge is 2.22. The number of amides is 1. The van der Waals surface area contributed by atoms with Gasteiger partial charge in [0.2, 0.25) is 0 Å². The zero-order valence-corrected chi connectivity index (χ0v) is 12.1. The maximum absolute atomic E-state index is 11.6. The predicted octanol–water partition coefficient (Wildman–Crippen LogP) is 1.90. The molecule has 0 bridgehead atoms. The molecule has 1 rings (SSSR count). The highest BCUT2D eigenvalue weighted by atomic mass is 16.5. The van der Waals surface area contributed by atoms with E-state index in [0.29, 0.717) is 5.75 Å². The molecule has 4 heteroatoms. The number of benzene rings is 1. The van der Waals surface area contributed by atoms with Gasteiger partial charge >= 0.3 is 0 Å². The number of aliphatic hydroxyl groups excluding tert-OH is 1. The Bertz CT molecular complexity index is 424. The van der Waals surface area contributed by atoms with Gasteiger partial charge in [-0.25, -0.2) is 0 Å². The van der Waals surface area contributed by atoms with Gasteiger partial charge in [0.25, 0.3) is 5.91 Å². The van der Waals surface area contributed by atoms with Gasteiger partial charge in [-0.2, -0.15) is 0 Å². The Hall–Kier alpha value is -1.55. The summed E-state index contributed by atoms with van der Waals surface area (Å²) in [7, 11) is 0. The number of rotatable bonds is 5. The zero-order chi connectivity index (χ0) is 14.5. The van der Waals surface area contributed by atoms with Crippen molar-refractivity contribution in [3.05, 3.63) is 29.8 Å². The number of para-hydroxylation sites is 1. The van der Waals surface area contributed by atoms with Gasteiger partial charge in [-0.15, -0.1) is 0 Å². The first-order valence-corrected chi connectivity index (χ1v) is 6.44. The lowest BCUT2D eigenvalue weighted by atomic mass is 9.89. The van der Waals surface area contributed by atoms with E-state index in [0.717, 1.165) is 5.56 Å². The van der Waals surface area contributed by atoms with E-state index in [9.17, 15) is 9.90 Å². The van der Waals surface area contributed by atoms with Crippen LogP contribution in [0.1, 0.15) is 26.3 Å². The second-order valence-corrected chi connectivity index (χ2v) is 5.74. The summed E-state index contributed by atoms with van der Waals surface area (Å²) in [4.78, 5) is 11.6. The summed E-state index contributed by atoms with van der Waals surface area (Å²) in [5, 5.41) is 12.5. The number of hydrogen-bond acceptors (Lipinski definition) is 3. The summed E-state index contributed by atoms with van der Waals surface area (Å²) in [5.41, 5.74) is 0.745. The molecule has 0 heterocycles. The fourth-order valence-electron chi connectivity index (χ4n) is 1.43. The summed E-state index contributed by atoms with van der Waals surface area (Å²) in [6.07, 6.45) is -0.574.